The van der Waals surface area contributed by atoms with Crippen molar-refractivity contribution in [1.29, 1.82) is 0 Å². The van der Waals surface area contributed by atoms with E-state index in [0.29, 0.717) is 6.61 Å². The summed E-state index contributed by atoms with van der Waals surface area (Å²) in [6, 6.07) is 0. The molecule has 1 saturated heterocycles. The molecule has 0 radical (unpaired) electrons. The number of ether oxygens (including phenoxy) is 2. The minimum Gasteiger partial charge on any atom is -0.376 e. The van der Waals surface area contributed by atoms with Crippen LogP contribution in [-0.2, 0) is 14.3 Å². The van der Waals surface area contributed by atoms with Crippen molar-refractivity contribution >= 4 is 5.78 Å². The Kier molecular flexibility index (Phi) is 4.39. The first-order valence-electron chi connectivity index (χ1n) is 4.92. The molecule has 1 heterocycles. The van der Waals surface area contributed by atoms with Crippen LogP contribution >= 0.6 is 0 Å². The third-order valence-corrected chi connectivity index (χ3v) is 2.22. The van der Waals surface area contributed by atoms with E-state index in [1.165, 1.54) is 0 Å². The summed E-state index contributed by atoms with van der Waals surface area (Å²) in [5.74, 6) is 0.238. The Morgan fingerprint density at radius 2 is 2.38 bits per heavy atom. The maximum Gasteiger partial charge on any atom is 0.160 e. The minimum absolute atomic E-state index is 0.0736. The second-order valence-corrected chi connectivity index (χ2v) is 3.77. The molecule has 1 aliphatic heterocycles. The van der Waals surface area contributed by atoms with Gasteiger partial charge in [-0.1, -0.05) is 13.8 Å². The molecule has 0 spiro atoms. The third kappa shape index (κ3) is 3.87. The molecular formula is C10H18O3. The molecule has 0 aliphatic carbocycles. The van der Waals surface area contributed by atoms with Gasteiger partial charge in [-0.25, -0.2) is 0 Å². The van der Waals surface area contributed by atoms with Gasteiger partial charge >= 0.3 is 0 Å². The van der Waals surface area contributed by atoms with E-state index in [1.54, 1.807) is 0 Å². The van der Waals surface area contributed by atoms with Gasteiger partial charge in [0.15, 0.2) is 5.78 Å². The van der Waals surface area contributed by atoms with Gasteiger partial charge in [0.1, 0.15) is 6.61 Å². The van der Waals surface area contributed by atoms with Crippen molar-refractivity contribution in [2.24, 2.45) is 5.92 Å². The average molecular weight is 186 g/mol. The van der Waals surface area contributed by atoms with E-state index >= 15 is 0 Å². The largest absolute Gasteiger partial charge is 0.376 e. The molecule has 0 aromatic rings. The lowest BCUT2D eigenvalue weighted by atomic mass is 10.1. The normalized spacial score (nSPS) is 22.5. The van der Waals surface area contributed by atoms with E-state index < -0.39 is 0 Å². The summed E-state index contributed by atoms with van der Waals surface area (Å²) >= 11 is 0. The van der Waals surface area contributed by atoms with Gasteiger partial charge in [0.25, 0.3) is 0 Å². The van der Waals surface area contributed by atoms with Crippen LogP contribution in [0.1, 0.15) is 26.7 Å². The summed E-state index contributed by atoms with van der Waals surface area (Å²) in [7, 11) is 0. The van der Waals surface area contributed by atoms with Crippen molar-refractivity contribution in [3.8, 4) is 0 Å². The smallest absolute Gasteiger partial charge is 0.160 e. The Labute approximate surface area is 79.4 Å². The minimum atomic E-state index is 0.0736. The van der Waals surface area contributed by atoms with Crippen molar-refractivity contribution in [2.75, 3.05) is 19.8 Å². The number of Topliss-reactive ketones (excluding diaryl/α,β-unsaturated/α-hetero) is 1. The van der Waals surface area contributed by atoms with Crippen LogP contribution in [0.25, 0.3) is 0 Å². The highest BCUT2D eigenvalue weighted by Crippen LogP contribution is 2.11. The molecule has 3 heteroatoms. The van der Waals surface area contributed by atoms with Gasteiger partial charge in [0.2, 0.25) is 0 Å². The summed E-state index contributed by atoms with van der Waals surface area (Å²) in [6.07, 6.45) is 2.40. The van der Waals surface area contributed by atoms with Gasteiger partial charge in [-0.2, -0.15) is 0 Å². The molecule has 76 valence electrons. The molecule has 1 atom stereocenters. The van der Waals surface area contributed by atoms with Crippen molar-refractivity contribution < 1.29 is 14.3 Å². The van der Waals surface area contributed by atoms with Crippen molar-refractivity contribution in [1.82, 2.24) is 0 Å². The Balaban J connectivity index is 2.03. The molecular weight excluding hydrogens is 168 g/mol. The zero-order valence-electron chi connectivity index (χ0n) is 8.41. The number of carbonyl (C=O) groups excluding carboxylic acids is 1. The summed E-state index contributed by atoms with van der Waals surface area (Å²) in [6.45, 7) is 5.41. The van der Waals surface area contributed by atoms with E-state index in [9.17, 15) is 4.79 Å². The number of carbonyl (C=O) groups is 1. The molecule has 13 heavy (non-hydrogen) atoms. The van der Waals surface area contributed by atoms with Crippen LogP contribution in [-0.4, -0.2) is 31.7 Å². The third-order valence-electron chi connectivity index (χ3n) is 2.22. The SMILES string of the molecule is CC(C)C(=O)COCC1CCCO1. The fourth-order valence-electron chi connectivity index (χ4n) is 1.23. The molecule has 0 aromatic heterocycles. The van der Waals surface area contributed by atoms with E-state index in [4.69, 9.17) is 9.47 Å². The summed E-state index contributed by atoms with van der Waals surface area (Å²) in [5, 5.41) is 0. The fraction of sp³-hybridized carbons (Fsp3) is 0.900. The van der Waals surface area contributed by atoms with Crippen molar-refractivity contribution in [3.05, 3.63) is 0 Å². The Bertz CT molecular complexity index is 160. The number of hydrogen-bond donors (Lipinski definition) is 0. The topological polar surface area (TPSA) is 35.5 Å². The van der Waals surface area contributed by atoms with Gasteiger partial charge < -0.3 is 9.47 Å². The van der Waals surface area contributed by atoms with Crippen LogP contribution in [0.15, 0.2) is 0 Å². The molecule has 0 amide bonds. The maximum atomic E-state index is 11.2. The zero-order chi connectivity index (χ0) is 9.68. The summed E-state index contributed by atoms with van der Waals surface area (Å²) < 4.78 is 10.6. The maximum absolute atomic E-state index is 11.2. The molecule has 0 bridgehead atoms. The number of ketones is 1. The highest BCUT2D eigenvalue weighted by atomic mass is 16.5. The van der Waals surface area contributed by atoms with Gasteiger partial charge in [0, 0.05) is 12.5 Å². The van der Waals surface area contributed by atoms with Gasteiger partial charge in [-0.3, -0.25) is 4.79 Å². The summed E-state index contributed by atoms with van der Waals surface area (Å²) in [4.78, 5) is 11.2. The number of hydrogen-bond acceptors (Lipinski definition) is 3. The zero-order valence-corrected chi connectivity index (χ0v) is 8.41. The Morgan fingerprint density at radius 1 is 1.62 bits per heavy atom. The van der Waals surface area contributed by atoms with Crippen LogP contribution in [0.2, 0.25) is 0 Å². The van der Waals surface area contributed by atoms with Crippen LogP contribution in [0.3, 0.4) is 0 Å². The van der Waals surface area contributed by atoms with Crippen LogP contribution in [0, 0.1) is 5.92 Å². The van der Waals surface area contributed by atoms with E-state index in [2.05, 4.69) is 0 Å². The van der Waals surface area contributed by atoms with Crippen LogP contribution < -0.4 is 0 Å². The second kappa shape index (κ2) is 5.35. The van der Waals surface area contributed by atoms with Gasteiger partial charge in [-0.15, -0.1) is 0 Å². The van der Waals surface area contributed by atoms with E-state index in [1.807, 2.05) is 13.8 Å². The quantitative estimate of drug-likeness (QED) is 0.651. The first-order chi connectivity index (χ1) is 6.20. The Hall–Kier alpha value is -0.410. The van der Waals surface area contributed by atoms with Crippen LogP contribution in [0.5, 0.6) is 0 Å². The molecule has 1 unspecified atom stereocenters. The molecule has 0 N–H and O–H groups in total. The highest BCUT2D eigenvalue weighted by Gasteiger charge is 2.16. The van der Waals surface area contributed by atoms with E-state index in [0.717, 1.165) is 19.4 Å². The predicted molar refractivity (Wildman–Crippen MR) is 49.6 cm³/mol. The molecule has 1 fully saturated rings. The lowest BCUT2D eigenvalue weighted by Gasteiger charge is -2.10. The molecule has 1 rings (SSSR count). The fourth-order valence-corrected chi connectivity index (χ4v) is 1.23. The van der Waals surface area contributed by atoms with Gasteiger partial charge in [0.05, 0.1) is 12.7 Å². The second-order valence-electron chi connectivity index (χ2n) is 3.77. The van der Waals surface area contributed by atoms with Crippen molar-refractivity contribution in [3.63, 3.8) is 0 Å². The highest BCUT2D eigenvalue weighted by molar-refractivity contribution is 5.81. The molecule has 0 aromatic carbocycles. The monoisotopic (exact) mass is 186 g/mol. The van der Waals surface area contributed by atoms with Crippen molar-refractivity contribution in [2.45, 2.75) is 32.8 Å². The lowest BCUT2D eigenvalue weighted by Crippen LogP contribution is -2.20. The first-order valence-corrected chi connectivity index (χ1v) is 4.92. The first kappa shape index (κ1) is 10.7. The van der Waals surface area contributed by atoms with Gasteiger partial charge in [-0.05, 0) is 12.8 Å². The summed E-state index contributed by atoms with van der Waals surface area (Å²) in [5.41, 5.74) is 0. The average Bonchev–Trinajstić information content (AvgIpc) is 2.56. The van der Waals surface area contributed by atoms with Crippen LogP contribution in [0.4, 0.5) is 0 Å². The predicted octanol–water partition coefficient (Wildman–Crippen LogP) is 1.41. The standard InChI is InChI=1S/C10H18O3/c1-8(2)10(11)7-12-6-9-4-3-5-13-9/h8-9H,3-7H2,1-2H3. The molecule has 1 aliphatic rings. The molecule has 3 nitrogen and oxygen atoms in total. The van der Waals surface area contributed by atoms with E-state index in [-0.39, 0.29) is 24.4 Å². The Morgan fingerprint density at radius 3 is 2.92 bits per heavy atom. The number of rotatable bonds is 5. The molecule has 0 saturated carbocycles. The lowest BCUT2D eigenvalue weighted by molar-refractivity contribution is -0.127.